The monoisotopic (exact) mass is 422 g/mol. The fourth-order valence-electron chi connectivity index (χ4n) is 5.08. The van der Waals surface area contributed by atoms with Gasteiger partial charge in [-0.2, -0.15) is 5.10 Å². The zero-order chi connectivity index (χ0) is 20.6. The molecule has 5 rings (SSSR count). The molecule has 0 spiro atoms. The lowest BCUT2D eigenvalue weighted by atomic mass is 9.75. The molecule has 5 heterocycles. The number of fused-ring (bicyclic) bond motifs is 2. The average Bonchev–Trinajstić information content (AvgIpc) is 3.26. The number of thiophene rings is 1. The van der Waals surface area contributed by atoms with Crippen LogP contribution in [0.25, 0.3) is 10.6 Å². The van der Waals surface area contributed by atoms with Crippen LogP contribution in [0.3, 0.4) is 0 Å². The lowest BCUT2D eigenvalue weighted by molar-refractivity contribution is -0.105. The van der Waals surface area contributed by atoms with Crippen LogP contribution in [0.15, 0.2) is 58.8 Å². The molecule has 1 N–H and O–H groups in total. The minimum Gasteiger partial charge on any atom is -0.388 e. The summed E-state index contributed by atoms with van der Waals surface area (Å²) in [6.45, 7) is 1.06. The van der Waals surface area contributed by atoms with Gasteiger partial charge in [-0.25, -0.2) is 4.68 Å². The number of piperidine rings is 2. The summed E-state index contributed by atoms with van der Waals surface area (Å²) in [4.78, 5) is 20.5. The van der Waals surface area contributed by atoms with Gasteiger partial charge in [0.15, 0.2) is 0 Å². The molecule has 0 amide bonds. The summed E-state index contributed by atoms with van der Waals surface area (Å²) in [6, 6.07) is 13.9. The number of rotatable bonds is 5. The zero-order valence-electron chi connectivity index (χ0n) is 16.9. The van der Waals surface area contributed by atoms with Crippen LogP contribution < -0.4 is 5.56 Å². The number of hydrogen-bond acceptors (Lipinski definition) is 6. The van der Waals surface area contributed by atoms with Gasteiger partial charge < -0.3 is 5.11 Å². The van der Waals surface area contributed by atoms with Crippen LogP contribution in [0.1, 0.15) is 37.8 Å². The first-order valence-corrected chi connectivity index (χ1v) is 11.5. The third-order valence-electron chi connectivity index (χ3n) is 6.40. The molecule has 6 nitrogen and oxygen atoms in total. The Morgan fingerprint density at radius 2 is 1.93 bits per heavy atom. The molecule has 30 heavy (non-hydrogen) atoms. The van der Waals surface area contributed by atoms with E-state index in [0.717, 1.165) is 35.7 Å². The van der Waals surface area contributed by atoms with E-state index in [1.54, 1.807) is 23.5 Å². The van der Waals surface area contributed by atoms with E-state index in [-0.39, 0.29) is 12.1 Å². The van der Waals surface area contributed by atoms with E-state index in [9.17, 15) is 9.90 Å². The minimum atomic E-state index is -0.915. The number of pyridine rings is 1. The van der Waals surface area contributed by atoms with Gasteiger partial charge >= 0.3 is 0 Å². The van der Waals surface area contributed by atoms with Gasteiger partial charge in [0.05, 0.1) is 22.7 Å². The largest absolute Gasteiger partial charge is 0.388 e. The Morgan fingerprint density at radius 3 is 2.63 bits per heavy atom. The van der Waals surface area contributed by atoms with Gasteiger partial charge in [0.1, 0.15) is 5.69 Å². The van der Waals surface area contributed by atoms with Crippen LogP contribution in [0.2, 0.25) is 0 Å². The summed E-state index contributed by atoms with van der Waals surface area (Å²) in [7, 11) is 0. The molecule has 2 saturated heterocycles. The van der Waals surface area contributed by atoms with Crippen molar-refractivity contribution in [3.8, 4) is 10.6 Å². The molecule has 2 aliphatic rings. The Bertz CT molecular complexity index is 1040. The van der Waals surface area contributed by atoms with Gasteiger partial charge in [0.25, 0.3) is 5.56 Å². The molecule has 0 aromatic carbocycles. The molecule has 2 aliphatic heterocycles. The second-order valence-electron chi connectivity index (χ2n) is 8.56. The minimum absolute atomic E-state index is 0.162. The molecule has 3 aromatic heterocycles. The maximum Gasteiger partial charge on any atom is 0.266 e. The SMILES string of the molecule is O=c1ccc(-c2cccs2)nn1CC1(O)C[C@@H]2CCC[C@@H](C1)N2Cc1ccccn1. The highest BCUT2D eigenvalue weighted by molar-refractivity contribution is 7.13. The van der Waals surface area contributed by atoms with Crippen LogP contribution in [0.5, 0.6) is 0 Å². The smallest absolute Gasteiger partial charge is 0.266 e. The van der Waals surface area contributed by atoms with E-state index in [0.29, 0.717) is 24.9 Å². The summed E-state index contributed by atoms with van der Waals surface area (Å²) in [5.41, 5.74) is 0.772. The van der Waals surface area contributed by atoms with E-state index in [4.69, 9.17) is 0 Å². The predicted octanol–water partition coefficient (Wildman–Crippen LogP) is 3.32. The van der Waals surface area contributed by atoms with Gasteiger partial charge in [-0.3, -0.25) is 14.7 Å². The molecular formula is C23H26N4O2S. The van der Waals surface area contributed by atoms with E-state index in [2.05, 4.69) is 21.0 Å². The van der Waals surface area contributed by atoms with Crippen molar-refractivity contribution in [1.29, 1.82) is 0 Å². The molecular weight excluding hydrogens is 396 g/mol. The molecule has 0 radical (unpaired) electrons. The molecule has 7 heteroatoms. The number of nitrogens with zero attached hydrogens (tertiary/aromatic N) is 4. The first-order valence-electron chi connectivity index (χ1n) is 10.6. The third kappa shape index (κ3) is 3.97. The summed E-state index contributed by atoms with van der Waals surface area (Å²) >= 11 is 1.60. The Kier molecular flexibility index (Phi) is 5.26. The Labute approximate surface area is 179 Å². The van der Waals surface area contributed by atoms with Crippen molar-refractivity contribution >= 4 is 11.3 Å². The molecule has 0 unspecified atom stereocenters. The lowest BCUT2D eigenvalue weighted by Gasteiger charge is -2.52. The first kappa shape index (κ1) is 19.6. The highest BCUT2D eigenvalue weighted by atomic mass is 32.1. The molecule has 3 aromatic rings. The summed E-state index contributed by atoms with van der Waals surface area (Å²) in [5, 5.41) is 18.1. The first-order chi connectivity index (χ1) is 14.6. The predicted molar refractivity (Wildman–Crippen MR) is 117 cm³/mol. The fourth-order valence-corrected chi connectivity index (χ4v) is 5.77. The van der Waals surface area contributed by atoms with Gasteiger partial charge in [0.2, 0.25) is 0 Å². The third-order valence-corrected chi connectivity index (χ3v) is 7.29. The van der Waals surface area contributed by atoms with Gasteiger partial charge in [0, 0.05) is 30.9 Å². The van der Waals surface area contributed by atoms with Crippen LogP contribution in [-0.2, 0) is 13.1 Å². The summed E-state index contributed by atoms with van der Waals surface area (Å²) in [5.74, 6) is 0. The van der Waals surface area contributed by atoms with Gasteiger partial charge in [-0.1, -0.05) is 18.6 Å². The van der Waals surface area contributed by atoms with Crippen molar-refractivity contribution < 1.29 is 5.11 Å². The maximum atomic E-state index is 12.5. The van der Waals surface area contributed by atoms with Crippen molar-refractivity contribution in [3.63, 3.8) is 0 Å². The lowest BCUT2D eigenvalue weighted by Crippen LogP contribution is -2.59. The van der Waals surface area contributed by atoms with Crippen molar-refractivity contribution in [3.05, 3.63) is 70.1 Å². The van der Waals surface area contributed by atoms with E-state index in [1.165, 1.54) is 11.1 Å². The second kappa shape index (κ2) is 8.06. The van der Waals surface area contributed by atoms with Crippen LogP contribution in [-0.4, -0.2) is 42.5 Å². The van der Waals surface area contributed by atoms with Crippen LogP contribution in [0, 0.1) is 0 Å². The standard InChI is InChI=1S/C23H26N4O2S/c28-22-10-9-20(21-8-4-12-30-21)25-27(22)16-23(29)13-18-6-3-7-19(14-23)26(18)15-17-5-1-2-11-24-17/h1-2,4-5,8-12,18-19,29H,3,6-7,13-16H2/t18-,19-/m0/s1. The Morgan fingerprint density at radius 1 is 1.10 bits per heavy atom. The Balaban J connectivity index is 1.36. The highest BCUT2D eigenvalue weighted by Crippen LogP contribution is 2.40. The Hall–Kier alpha value is -2.35. The van der Waals surface area contributed by atoms with Crippen molar-refractivity contribution in [2.24, 2.45) is 0 Å². The zero-order valence-corrected chi connectivity index (χ0v) is 17.7. The number of hydrogen-bond donors (Lipinski definition) is 1. The van der Waals surface area contributed by atoms with Crippen molar-refractivity contribution in [2.45, 2.75) is 62.9 Å². The fraction of sp³-hybridized carbons (Fsp3) is 0.435. The normalized spacial score (nSPS) is 26.6. The van der Waals surface area contributed by atoms with E-state index < -0.39 is 5.60 Å². The van der Waals surface area contributed by atoms with Crippen molar-refractivity contribution in [2.75, 3.05) is 0 Å². The molecule has 2 fully saturated rings. The number of aliphatic hydroxyl groups is 1. The molecule has 0 aliphatic carbocycles. The highest BCUT2D eigenvalue weighted by Gasteiger charge is 2.45. The molecule has 0 saturated carbocycles. The van der Waals surface area contributed by atoms with Crippen LogP contribution >= 0.6 is 11.3 Å². The quantitative estimate of drug-likeness (QED) is 0.683. The van der Waals surface area contributed by atoms with Crippen molar-refractivity contribution in [1.82, 2.24) is 19.7 Å². The maximum absolute atomic E-state index is 12.5. The molecule has 2 atom stereocenters. The van der Waals surface area contributed by atoms with Gasteiger partial charge in [-0.15, -0.1) is 11.3 Å². The van der Waals surface area contributed by atoms with Gasteiger partial charge in [-0.05, 0) is 55.3 Å². The topological polar surface area (TPSA) is 71.2 Å². The summed E-state index contributed by atoms with van der Waals surface area (Å²) in [6.07, 6.45) is 6.49. The summed E-state index contributed by atoms with van der Waals surface area (Å²) < 4.78 is 1.46. The molecule has 156 valence electrons. The van der Waals surface area contributed by atoms with Crippen LogP contribution in [0.4, 0.5) is 0 Å². The number of aromatic nitrogens is 3. The average molecular weight is 423 g/mol. The second-order valence-corrected chi connectivity index (χ2v) is 9.50. The van der Waals surface area contributed by atoms with E-state index in [1.807, 2.05) is 35.8 Å². The molecule has 2 bridgehead atoms. The van der Waals surface area contributed by atoms with E-state index >= 15 is 0 Å².